The molecule has 0 unspecified atom stereocenters. The first-order valence-electron chi connectivity index (χ1n) is 11.7. The number of hydrogen-bond donors (Lipinski definition) is 1. The monoisotopic (exact) mass is 516 g/mol. The molecule has 0 bridgehead atoms. The molecule has 0 atom stereocenters. The summed E-state index contributed by atoms with van der Waals surface area (Å²) >= 11 is 0. The van der Waals surface area contributed by atoms with Gasteiger partial charge < -0.3 is 9.72 Å². The largest absolute Gasteiger partial charge is 0.493 e. The number of imide groups is 1. The molecule has 4 rings (SSSR count). The highest BCUT2D eigenvalue weighted by Gasteiger charge is 2.37. The summed E-state index contributed by atoms with van der Waals surface area (Å²) in [4.78, 5) is 45.8. The second kappa shape index (κ2) is 9.82. The Hall–Kier alpha value is -3.58. The van der Waals surface area contributed by atoms with Crippen molar-refractivity contribution in [3.63, 3.8) is 0 Å². The zero-order chi connectivity index (χ0) is 26.2. The number of sulfonamides is 1. The second-order valence-electron chi connectivity index (χ2n) is 8.33. The topological polar surface area (TPSA) is 148 Å². The molecule has 1 N–H and O–H groups in total. The number of aryl methyl sites for hydroxylation is 2. The van der Waals surface area contributed by atoms with E-state index in [2.05, 4.69) is 15.1 Å². The lowest BCUT2D eigenvalue weighted by atomic mass is 10.1. The summed E-state index contributed by atoms with van der Waals surface area (Å²) in [5.41, 5.74) is 1.24. The Morgan fingerprint density at radius 3 is 2.39 bits per heavy atom. The number of carbonyl (C=O) groups excluding carboxylic acids is 2. The van der Waals surface area contributed by atoms with E-state index in [1.807, 2.05) is 6.92 Å². The average Bonchev–Trinajstić information content (AvgIpc) is 3.15. The van der Waals surface area contributed by atoms with Crippen LogP contribution in [0, 0.1) is 0 Å². The van der Waals surface area contributed by atoms with E-state index < -0.39 is 40.5 Å². The Bertz CT molecular complexity index is 1490. The van der Waals surface area contributed by atoms with E-state index in [0.717, 1.165) is 15.6 Å². The van der Waals surface area contributed by atoms with Gasteiger partial charge in [0, 0.05) is 13.6 Å². The number of nitrogens with zero attached hydrogens (tertiary/aromatic N) is 5. The van der Waals surface area contributed by atoms with Crippen molar-refractivity contribution in [2.24, 2.45) is 7.05 Å². The van der Waals surface area contributed by atoms with E-state index in [1.165, 1.54) is 22.9 Å². The number of aromatic nitrogens is 4. The molecule has 1 aromatic carbocycles. The highest BCUT2D eigenvalue weighted by atomic mass is 32.2. The molecule has 0 spiro atoms. The summed E-state index contributed by atoms with van der Waals surface area (Å²) in [6.07, 6.45) is 1.42. The van der Waals surface area contributed by atoms with E-state index in [1.54, 1.807) is 20.9 Å². The molecule has 1 fully saturated rings. The first-order chi connectivity index (χ1) is 17.1. The van der Waals surface area contributed by atoms with Crippen LogP contribution in [0.2, 0.25) is 0 Å². The quantitative estimate of drug-likeness (QED) is 0.437. The fourth-order valence-corrected chi connectivity index (χ4v) is 5.62. The molecule has 3 aromatic rings. The van der Waals surface area contributed by atoms with Crippen LogP contribution in [0.25, 0.3) is 22.4 Å². The van der Waals surface area contributed by atoms with Crippen molar-refractivity contribution in [3.8, 4) is 17.1 Å². The molecule has 1 aliphatic heterocycles. The number of nitrogens with one attached hydrogen (secondary N) is 1. The summed E-state index contributed by atoms with van der Waals surface area (Å²) in [7, 11) is -2.55. The molecule has 192 valence electrons. The van der Waals surface area contributed by atoms with Gasteiger partial charge in [0.2, 0.25) is 21.8 Å². The minimum atomic E-state index is -4.21. The minimum Gasteiger partial charge on any atom is -0.493 e. The van der Waals surface area contributed by atoms with Crippen molar-refractivity contribution in [1.29, 1.82) is 0 Å². The lowest BCUT2D eigenvalue weighted by molar-refractivity contribution is -0.148. The van der Waals surface area contributed by atoms with Gasteiger partial charge in [-0.1, -0.05) is 13.3 Å². The molecule has 0 radical (unpaired) electrons. The summed E-state index contributed by atoms with van der Waals surface area (Å²) in [6.45, 7) is 5.00. The number of ether oxygens (including phenoxy) is 1. The van der Waals surface area contributed by atoms with Crippen LogP contribution in [-0.2, 0) is 33.1 Å². The van der Waals surface area contributed by atoms with E-state index in [9.17, 15) is 22.8 Å². The van der Waals surface area contributed by atoms with Crippen LogP contribution in [0.4, 0.5) is 0 Å². The first kappa shape index (κ1) is 25.5. The molecule has 0 saturated carbocycles. The van der Waals surface area contributed by atoms with Gasteiger partial charge in [0.15, 0.2) is 5.52 Å². The van der Waals surface area contributed by atoms with Crippen LogP contribution in [0.5, 0.6) is 5.75 Å². The van der Waals surface area contributed by atoms with Crippen LogP contribution in [0.15, 0.2) is 27.9 Å². The number of rotatable bonds is 8. The Morgan fingerprint density at radius 2 is 1.78 bits per heavy atom. The molecule has 12 nitrogen and oxygen atoms in total. The molecular weight excluding hydrogens is 488 g/mol. The zero-order valence-corrected chi connectivity index (χ0v) is 21.4. The molecule has 1 aliphatic rings. The summed E-state index contributed by atoms with van der Waals surface area (Å²) in [6, 6.07) is 4.15. The smallest absolute Gasteiger partial charge is 0.277 e. The molecule has 3 heterocycles. The van der Waals surface area contributed by atoms with Crippen molar-refractivity contribution >= 4 is 32.9 Å². The minimum absolute atomic E-state index is 0.126. The number of likely N-dealkylation sites (N-methyl/N-ethyl adjacent to an activating group) is 1. The van der Waals surface area contributed by atoms with Crippen LogP contribution in [0.1, 0.15) is 32.9 Å². The molecule has 2 aromatic heterocycles. The lowest BCUT2D eigenvalue weighted by Gasteiger charge is -2.31. The van der Waals surface area contributed by atoms with Crippen molar-refractivity contribution in [1.82, 2.24) is 29.0 Å². The predicted octanol–water partition coefficient (Wildman–Crippen LogP) is 1.05. The summed E-state index contributed by atoms with van der Waals surface area (Å²) < 4.78 is 34.8. The zero-order valence-electron chi connectivity index (χ0n) is 20.6. The number of aromatic amines is 1. The first-order valence-corrected chi connectivity index (χ1v) is 13.1. The Labute approximate surface area is 207 Å². The Morgan fingerprint density at radius 1 is 1.08 bits per heavy atom. The maximum absolute atomic E-state index is 13.4. The van der Waals surface area contributed by atoms with Crippen molar-refractivity contribution < 1.29 is 22.7 Å². The number of benzene rings is 1. The van der Waals surface area contributed by atoms with E-state index in [-0.39, 0.29) is 22.8 Å². The third-order valence-electron chi connectivity index (χ3n) is 5.93. The van der Waals surface area contributed by atoms with E-state index in [0.29, 0.717) is 35.5 Å². The van der Waals surface area contributed by atoms with Crippen LogP contribution in [-0.4, -0.2) is 75.4 Å². The van der Waals surface area contributed by atoms with Gasteiger partial charge in [-0.25, -0.2) is 13.4 Å². The Kier molecular flexibility index (Phi) is 6.96. The second-order valence-corrected chi connectivity index (χ2v) is 10.3. The van der Waals surface area contributed by atoms with Gasteiger partial charge in [0.25, 0.3) is 5.56 Å². The standard InChI is InChI=1S/C23H28N6O6S/c1-5-8-16-20-21(27(4)26-16)23(32)25-22(24-20)15-11-14(9-10-17(15)35-7-3)36(33,34)28-12-18(30)29(6-2)19(31)13-28/h9-11H,5-8,12-13H2,1-4H3,(H,24,25,32). The maximum Gasteiger partial charge on any atom is 0.277 e. The predicted molar refractivity (Wildman–Crippen MR) is 131 cm³/mol. The van der Waals surface area contributed by atoms with Crippen molar-refractivity contribution in [3.05, 3.63) is 34.2 Å². The SMILES string of the molecule is CCCc1nn(C)c2c(=O)[nH]c(-c3cc(S(=O)(=O)N4CC(=O)N(CC)C(=O)C4)ccc3OCC)nc12. The number of piperazine rings is 1. The van der Waals surface area contributed by atoms with Gasteiger partial charge in [-0.05, 0) is 38.5 Å². The number of hydrogen-bond acceptors (Lipinski definition) is 8. The molecule has 0 aliphatic carbocycles. The fourth-order valence-electron chi connectivity index (χ4n) is 4.25. The van der Waals surface area contributed by atoms with Gasteiger partial charge in [-0.2, -0.15) is 9.40 Å². The molecule has 1 saturated heterocycles. The maximum atomic E-state index is 13.4. The van der Waals surface area contributed by atoms with Gasteiger partial charge in [0.05, 0.1) is 35.8 Å². The normalized spacial score (nSPS) is 15.2. The van der Waals surface area contributed by atoms with E-state index in [4.69, 9.17) is 4.74 Å². The number of amides is 2. The number of fused-ring (bicyclic) bond motifs is 1. The van der Waals surface area contributed by atoms with Crippen LogP contribution >= 0.6 is 0 Å². The van der Waals surface area contributed by atoms with Crippen molar-refractivity contribution in [2.45, 2.75) is 38.5 Å². The fraction of sp³-hybridized carbons (Fsp3) is 0.435. The van der Waals surface area contributed by atoms with Gasteiger partial charge >= 0.3 is 0 Å². The van der Waals surface area contributed by atoms with Gasteiger partial charge in [-0.15, -0.1) is 0 Å². The van der Waals surface area contributed by atoms with Gasteiger partial charge in [0.1, 0.15) is 17.1 Å². The third-order valence-corrected chi connectivity index (χ3v) is 7.72. The molecule has 2 amide bonds. The van der Waals surface area contributed by atoms with E-state index >= 15 is 0 Å². The lowest BCUT2D eigenvalue weighted by Crippen LogP contribution is -2.55. The molecule has 13 heteroatoms. The van der Waals surface area contributed by atoms with Crippen LogP contribution < -0.4 is 10.3 Å². The van der Waals surface area contributed by atoms with Crippen LogP contribution in [0.3, 0.4) is 0 Å². The third kappa shape index (κ3) is 4.39. The average molecular weight is 517 g/mol. The summed E-state index contributed by atoms with van der Waals surface area (Å²) in [5, 5.41) is 4.41. The number of carbonyl (C=O) groups is 2. The highest BCUT2D eigenvalue weighted by molar-refractivity contribution is 7.89. The molecule has 36 heavy (non-hydrogen) atoms. The number of H-pyrrole nitrogens is 1. The summed E-state index contributed by atoms with van der Waals surface area (Å²) in [5.74, 6) is -0.718. The van der Waals surface area contributed by atoms with Gasteiger partial charge in [-0.3, -0.25) is 24.0 Å². The Balaban J connectivity index is 1.84. The highest BCUT2D eigenvalue weighted by Crippen LogP contribution is 2.32. The molecular formula is C23H28N6O6S. The van der Waals surface area contributed by atoms with Crippen molar-refractivity contribution in [2.75, 3.05) is 26.2 Å².